The monoisotopic (exact) mass is 545 g/mol. The second-order valence-corrected chi connectivity index (χ2v) is 11.4. The SMILES string of the molecule is CC(C)C[C@@H]1C(=O)N2C[C@H](c3ccccc3)CC12C(=O)c1cc(-c2ccc(F)cc2)on1.O=C1CCCCCN1. The Hall–Kier alpha value is -3.81. The van der Waals surface area contributed by atoms with Crippen LogP contribution in [-0.4, -0.2) is 46.3 Å². The molecule has 40 heavy (non-hydrogen) atoms. The van der Waals surface area contributed by atoms with E-state index in [2.05, 4.69) is 36.5 Å². The van der Waals surface area contributed by atoms with E-state index in [-0.39, 0.29) is 40.9 Å². The van der Waals surface area contributed by atoms with E-state index < -0.39 is 5.54 Å². The fourth-order valence-electron chi connectivity index (χ4n) is 6.22. The van der Waals surface area contributed by atoms with E-state index >= 15 is 0 Å². The van der Waals surface area contributed by atoms with Crippen molar-refractivity contribution in [1.82, 2.24) is 15.4 Å². The highest BCUT2D eigenvalue weighted by molar-refractivity contribution is 6.12. The zero-order valence-electron chi connectivity index (χ0n) is 23.1. The van der Waals surface area contributed by atoms with E-state index in [9.17, 15) is 18.8 Å². The van der Waals surface area contributed by atoms with Crippen LogP contribution in [0.3, 0.4) is 0 Å². The number of fused-ring (bicyclic) bond motifs is 1. The number of hydrogen-bond donors (Lipinski definition) is 1. The fraction of sp³-hybridized carbons (Fsp3) is 0.438. The predicted octanol–water partition coefficient (Wildman–Crippen LogP) is 5.77. The van der Waals surface area contributed by atoms with Gasteiger partial charge in [-0.15, -0.1) is 0 Å². The molecule has 0 bridgehead atoms. The van der Waals surface area contributed by atoms with Crippen molar-refractivity contribution in [2.24, 2.45) is 11.8 Å². The molecule has 3 aliphatic rings. The summed E-state index contributed by atoms with van der Waals surface area (Å²) in [4.78, 5) is 39.2. The van der Waals surface area contributed by atoms with Gasteiger partial charge < -0.3 is 14.7 Å². The Morgan fingerprint density at radius 1 is 1.10 bits per heavy atom. The second kappa shape index (κ2) is 11.7. The van der Waals surface area contributed by atoms with Crippen LogP contribution in [0, 0.1) is 17.7 Å². The molecule has 3 atom stereocenters. The number of hydrogen-bond acceptors (Lipinski definition) is 5. The molecule has 210 valence electrons. The summed E-state index contributed by atoms with van der Waals surface area (Å²) in [5.74, 6) is 0.202. The van der Waals surface area contributed by atoms with E-state index in [1.807, 2.05) is 18.2 Å². The maximum atomic E-state index is 13.9. The third-order valence-electron chi connectivity index (χ3n) is 8.23. The number of rotatable bonds is 6. The van der Waals surface area contributed by atoms with E-state index in [4.69, 9.17) is 4.52 Å². The number of halogens is 1. The number of amides is 2. The Balaban J connectivity index is 0.000000348. The minimum absolute atomic E-state index is 0.0488. The summed E-state index contributed by atoms with van der Waals surface area (Å²) in [5, 5.41) is 6.86. The van der Waals surface area contributed by atoms with Crippen molar-refractivity contribution < 1.29 is 23.3 Å². The lowest BCUT2D eigenvalue weighted by Gasteiger charge is -2.52. The summed E-state index contributed by atoms with van der Waals surface area (Å²) >= 11 is 0. The van der Waals surface area contributed by atoms with Crippen LogP contribution in [-0.2, 0) is 9.59 Å². The van der Waals surface area contributed by atoms with Crippen LogP contribution in [0.25, 0.3) is 11.3 Å². The fourth-order valence-corrected chi connectivity index (χ4v) is 6.22. The molecule has 1 unspecified atom stereocenters. The summed E-state index contributed by atoms with van der Waals surface area (Å²) in [6, 6.07) is 17.5. The van der Waals surface area contributed by atoms with Gasteiger partial charge in [0, 0.05) is 37.1 Å². The number of aromatic nitrogens is 1. The van der Waals surface area contributed by atoms with Gasteiger partial charge in [-0.1, -0.05) is 55.8 Å². The molecule has 0 radical (unpaired) electrons. The quantitative estimate of drug-likeness (QED) is 0.314. The molecular weight excluding hydrogens is 509 g/mol. The minimum atomic E-state index is -0.890. The summed E-state index contributed by atoms with van der Waals surface area (Å²) < 4.78 is 18.7. The van der Waals surface area contributed by atoms with Crippen molar-refractivity contribution in [2.75, 3.05) is 13.1 Å². The highest BCUT2D eigenvalue weighted by Crippen LogP contribution is 2.54. The topological polar surface area (TPSA) is 92.5 Å². The van der Waals surface area contributed by atoms with E-state index in [1.165, 1.54) is 18.6 Å². The summed E-state index contributed by atoms with van der Waals surface area (Å²) in [5.41, 5.74) is 1.10. The maximum absolute atomic E-state index is 13.9. The van der Waals surface area contributed by atoms with Gasteiger partial charge >= 0.3 is 0 Å². The molecule has 2 aromatic carbocycles. The van der Waals surface area contributed by atoms with Gasteiger partial charge in [-0.05, 0) is 61.4 Å². The lowest BCUT2D eigenvalue weighted by atomic mass is 9.66. The predicted molar refractivity (Wildman–Crippen MR) is 149 cm³/mol. The lowest BCUT2D eigenvalue weighted by molar-refractivity contribution is -0.161. The third-order valence-corrected chi connectivity index (χ3v) is 8.23. The third kappa shape index (κ3) is 5.44. The molecule has 6 rings (SSSR count). The molecule has 7 nitrogen and oxygen atoms in total. The molecule has 4 heterocycles. The van der Waals surface area contributed by atoms with Crippen molar-refractivity contribution in [2.45, 2.75) is 63.8 Å². The van der Waals surface area contributed by atoms with Crippen molar-refractivity contribution in [3.63, 3.8) is 0 Å². The Kier molecular flexibility index (Phi) is 8.14. The average molecular weight is 546 g/mol. The molecule has 0 saturated carbocycles. The summed E-state index contributed by atoms with van der Waals surface area (Å²) in [6.07, 6.45) is 5.42. The molecule has 3 fully saturated rings. The van der Waals surface area contributed by atoms with Crippen molar-refractivity contribution in [3.05, 3.63) is 77.7 Å². The Morgan fingerprint density at radius 2 is 1.85 bits per heavy atom. The van der Waals surface area contributed by atoms with Gasteiger partial charge in [0.2, 0.25) is 17.6 Å². The first kappa shape index (κ1) is 27.7. The van der Waals surface area contributed by atoms with Crippen molar-refractivity contribution >= 4 is 17.6 Å². The number of benzene rings is 2. The van der Waals surface area contributed by atoms with Gasteiger partial charge in [-0.2, -0.15) is 0 Å². The largest absolute Gasteiger partial charge is 0.356 e. The molecule has 0 aliphatic carbocycles. The first-order valence-corrected chi connectivity index (χ1v) is 14.2. The molecule has 3 aliphatic heterocycles. The van der Waals surface area contributed by atoms with Gasteiger partial charge in [0.15, 0.2) is 11.5 Å². The first-order valence-electron chi connectivity index (χ1n) is 14.2. The Morgan fingerprint density at radius 3 is 2.58 bits per heavy atom. The van der Waals surface area contributed by atoms with Crippen molar-refractivity contribution in [1.29, 1.82) is 0 Å². The van der Waals surface area contributed by atoms with E-state index in [0.717, 1.165) is 31.4 Å². The number of carbonyl (C=O) groups excluding carboxylic acids is 3. The van der Waals surface area contributed by atoms with Crippen LogP contribution in [0.1, 0.15) is 74.3 Å². The molecule has 1 N–H and O–H groups in total. The molecule has 1 aromatic heterocycles. The number of Topliss-reactive ketones (excluding diaryl/α,β-unsaturated/α-hetero) is 1. The molecule has 3 saturated heterocycles. The highest BCUT2D eigenvalue weighted by atomic mass is 19.1. The number of carbonyl (C=O) groups is 3. The molecule has 3 aromatic rings. The van der Waals surface area contributed by atoms with E-state index in [1.54, 1.807) is 23.1 Å². The smallest absolute Gasteiger partial charge is 0.229 e. The molecule has 8 heteroatoms. The van der Waals surface area contributed by atoms with Gasteiger partial charge in [-0.25, -0.2) is 4.39 Å². The number of nitrogens with zero attached hydrogens (tertiary/aromatic N) is 2. The number of β-lactam (4-membered cyclic amide) rings is 1. The van der Waals surface area contributed by atoms with Gasteiger partial charge in [0.05, 0.1) is 5.92 Å². The zero-order valence-corrected chi connectivity index (χ0v) is 23.1. The highest BCUT2D eigenvalue weighted by Gasteiger charge is 2.68. The van der Waals surface area contributed by atoms with Crippen LogP contribution < -0.4 is 5.32 Å². The second-order valence-electron chi connectivity index (χ2n) is 11.4. The van der Waals surface area contributed by atoms with Gasteiger partial charge in [-0.3, -0.25) is 14.4 Å². The Bertz CT molecular complexity index is 1340. The minimum Gasteiger partial charge on any atom is -0.356 e. The molecular formula is C32H36FN3O4. The zero-order chi connectivity index (χ0) is 28.3. The van der Waals surface area contributed by atoms with Crippen LogP contribution in [0.15, 0.2) is 65.2 Å². The number of ketones is 1. The number of nitrogens with one attached hydrogen (secondary N) is 1. The first-order chi connectivity index (χ1) is 19.3. The summed E-state index contributed by atoms with van der Waals surface area (Å²) in [6.45, 7) is 5.56. The van der Waals surface area contributed by atoms with Crippen LogP contribution in [0.4, 0.5) is 4.39 Å². The average Bonchev–Trinajstić information content (AvgIpc) is 3.51. The standard InChI is InChI=1S/C26H25FN2O3.C6H11NO/c1-16(2)12-21-25(31)29-15-19(17-6-4-3-5-7-17)14-26(21,29)24(30)22-13-23(32-28-22)18-8-10-20(27)11-9-18;8-6-4-2-1-3-5-7-6/h3-11,13,16,19,21H,12,14-15H2,1-2H3;1-5H2,(H,7,8)/t19-,21-,26?;/m1./s1. The maximum Gasteiger partial charge on any atom is 0.229 e. The van der Waals surface area contributed by atoms with Crippen LogP contribution in [0.5, 0.6) is 0 Å². The summed E-state index contributed by atoms with van der Waals surface area (Å²) in [7, 11) is 0. The van der Waals surface area contributed by atoms with Gasteiger partial charge in [0.1, 0.15) is 11.4 Å². The normalized spacial score (nSPS) is 23.9. The van der Waals surface area contributed by atoms with Crippen LogP contribution >= 0.6 is 0 Å². The Labute approximate surface area is 234 Å². The van der Waals surface area contributed by atoms with Gasteiger partial charge in [0.25, 0.3) is 0 Å². The lowest BCUT2D eigenvalue weighted by Crippen LogP contribution is -2.71. The van der Waals surface area contributed by atoms with E-state index in [0.29, 0.717) is 36.6 Å². The molecule has 0 spiro atoms. The van der Waals surface area contributed by atoms with Crippen molar-refractivity contribution in [3.8, 4) is 11.3 Å². The molecule has 2 amide bonds. The van der Waals surface area contributed by atoms with Crippen LogP contribution in [0.2, 0.25) is 0 Å².